The number of fused-ring (bicyclic) bond motifs is 8. The van der Waals surface area contributed by atoms with Gasteiger partial charge in [-0.1, -0.05) is 114 Å². The first-order valence-electron chi connectivity index (χ1n) is 19.3. The number of hydrogen-bond acceptors (Lipinski definition) is 4. The molecule has 264 valence electrons. The van der Waals surface area contributed by atoms with Crippen molar-refractivity contribution in [1.29, 1.82) is 0 Å². The van der Waals surface area contributed by atoms with E-state index in [-0.39, 0.29) is 17.5 Å². The van der Waals surface area contributed by atoms with E-state index < -0.39 is 0 Å². The van der Waals surface area contributed by atoms with E-state index in [4.69, 9.17) is 4.42 Å². The fourth-order valence-corrected chi connectivity index (χ4v) is 8.83. The molecule has 7 aromatic rings. The topological polar surface area (TPSA) is 32.5 Å². The van der Waals surface area contributed by atoms with E-state index in [0.717, 1.165) is 46.2 Å². The van der Waals surface area contributed by atoms with Crippen LogP contribution in [0.1, 0.15) is 65.5 Å². The van der Waals surface area contributed by atoms with E-state index in [1.807, 2.05) is 12.4 Å². The van der Waals surface area contributed by atoms with Gasteiger partial charge in [-0.15, -0.1) is 0 Å². The molecule has 0 saturated carbocycles. The summed E-state index contributed by atoms with van der Waals surface area (Å²) in [6.07, 6.45) is 13.0. The highest BCUT2D eigenvalue weighted by molar-refractivity contribution is 7.00. The molecule has 0 fully saturated rings. The van der Waals surface area contributed by atoms with Crippen molar-refractivity contribution in [2.45, 2.75) is 65.2 Å². The molecule has 0 bridgehead atoms. The van der Waals surface area contributed by atoms with Crippen molar-refractivity contribution in [3.05, 3.63) is 151 Å². The van der Waals surface area contributed by atoms with Gasteiger partial charge in [0.05, 0.1) is 11.3 Å². The summed E-state index contributed by atoms with van der Waals surface area (Å²) in [5.74, 6) is 0. The standard InChI is InChI=1S/C49H44BN3O/c1-48(2,3)34-21-18-31(19-22-34)32-12-10-15-37(28-32)53-42-17-11-16-41-44(42)50(47-46(53)39-29-35(49(4,5)6)23-25-43(39)54-47)40-24-20-33-30-51-27-26-38(33)45(40)52(41)36-13-8-7-9-14-36/h8,10-30H,7,9H2,1-6H3. The number of anilines is 5. The SMILES string of the molecule is CC(C)(C)c1ccc(-c2cccc(N3c4cccc5c4B(c4ccc6cnccc6c4N5C4=CCCC=C4)c4oc5ccc(C(C)(C)C)cc5c43)c2)cc1. The summed E-state index contributed by atoms with van der Waals surface area (Å²) in [6.45, 7) is 13.6. The van der Waals surface area contributed by atoms with Gasteiger partial charge in [0, 0.05) is 57.0 Å². The molecule has 4 heterocycles. The molecule has 4 nitrogen and oxygen atoms in total. The summed E-state index contributed by atoms with van der Waals surface area (Å²) >= 11 is 0. The van der Waals surface area contributed by atoms with E-state index in [9.17, 15) is 0 Å². The quantitative estimate of drug-likeness (QED) is 0.172. The zero-order valence-electron chi connectivity index (χ0n) is 31.9. The van der Waals surface area contributed by atoms with Gasteiger partial charge < -0.3 is 14.2 Å². The number of rotatable bonds is 3. The third-order valence-electron chi connectivity index (χ3n) is 11.7. The van der Waals surface area contributed by atoms with E-state index >= 15 is 0 Å². The molecule has 10 rings (SSSR count). The molecule has 3 aliphatic rings. The van der Waals surface area contributed by atoms with E-state index in [1.54, 1.807) is 0 Å². The molecule has 0 radical (unpaired) electrons. The van der Waals surface area contributed by atoms with Gasteiger partial charge in [0.1, 0.15) is 5.58 Å². The third-order valence-corrected chi connectivity index (χ3v) is 11.7. The Bertz CT molecular complexity index is 2700. The monoisotopic (exact) mass is 701 g/mol. The molecule has 2 aromatic heterocycles. The van der Waals surface area contributed by atoms with Gasteiger partial charge in [0.25, 0.3) is 6.71 Å². The van der Waals surface area contributed by atoms with Crippen LogP contribution in [0.3, 0.4) is 0 Å². The number of nitrogens with zero attached hydrogens (tertiary/aromatic N) is 3. The molecular weight excluding hydrogens is 657 g/mol. The smallest absolute Gasteiger partial charge is 0.297 e. The Balaban J connectivity index is 1.26. The van der Waals surface area contributed by atoms with Crippen molar-refractivity contribution in [2.24, 2.45) is 0 Å². The van der Waals surface area contributed by atoms with Crippen LogP contribution in [0.5, 0.6) is 0 Å². The Morgan fingerprint density at radius 1 is 0.667 bits per heavy atom. The summed E-state index contributed by atoms with van der Waals surface area (Å²) in [4.78, 5) is 9.50. The van der Waals surface area contributed by atoms with Crippen LogP contribution in [0.4, 0.5) is 28.4 Å². The van der Waals surface area contributed by atoms with Gasteiger partial charge in [0.15, 0.2) is 0 Å². The number of hydrogen-bond donors (Lipinski definition) is 0. The van der Waals surface area contributed by atoms with E-state index in [2.05, 4.69) is 178 Å². The van der Waals surface area contributed by atoms with Gasteiger partial charge in [-0.25, -0.2) is 0 Å². The molecule has 5 aromatic carbocycles. The molecule has 0 amide bonds. The second-order valence-electron chi connectivity index (χ2n) is 17.2. The fraction of sp³-hybridized carbons (Fsp3) is 0.204. The number of furan rings is 1. The Labute approximate surface area is 318 Å². The van der Waals surface area contributed by atoms with Crippen LogP contribution in [0.25, 0.3) is 32.9 Å². The maximum Gasteiger partial charge on any atom is 0.297 e. The number of allylic oxidation sites excluding steroid dienone is 3. The number of benzene rings is 5. The van der Waals surface area contributed by atoms with Crippen LogP contribution < -0.4 is 26.4 Å². The lowest BCUT2D eigenvalue weighted by molar-refractivity contribution is 0.590. The molecule has 54 heavy (non-hydrogen) atoms. The number of aromatic nitrogens is 1. The molecule has 1 aliphatic carbocycles. The molecule has 5 heteroatoms. The predicted octanol–water partition coefficient (Wildman–Crippen LogP) is 11.2. The zero-order chi connectivity index (χ0) is 36.9. The van der Waals surface area contributed by atoms with Crippen molar-refractivity contribution in [3.63, 3.8) is 0 Å². The molecule has 0 atom stereocenters. The van der Waals surface area contributed by atoms with Crippen molar-refractivity contribution >= 4 is 73.5 Å². The summed E-state index contributed by atoms with van der Waals surface area (Å²) in [5.41, 5.74) is 16.5. The van der Waals surface area contributed by atoms with Crippen molar-refractivity contribution in [3.8, 4) is 11.1 Å². The Morgan fingerprint density at radius 2 is 1.43 bits per heavy atom. The predicted molar refractivity (Wildman–Crippen MR) is 229 cm³/mol. The normalized spacial score (nSPS) is 15.0. The first kappa shape index (κ1) is 32.8. The third kappa shape index (κ3) is 5.01. The summed E-state index contributed by atoms with van der Waals surface area (Å²) in [5, 5.41) is 3.46. The maximum atomic E-state index is 7.17. The summed E-state index contributed by atoms with van der Waals surface area (Å²) < 4.78 is 7.17. The molecule has 0 N–H and O–H groups in total. The Hall–Kier alpha value is -5.81. The van der Waals surface area contributed by atoms with Gasteiger partial charge in [0.2, 0.25) is 0 Å². The summed E-state index contributed by atoms with van der Waals surface area (Å²) in [7, 11) is 0. The van der Waals surface area contributed by atoms with Crippen LogP contribution in [0.15, 0.2) is 144 Å². The highest BCUT2D eigenvalue weighted by Crippen LogP contribution is 2.48. The van der Waals surface area contributed by atoms with Gasteiger partial charge in [-0.05, 0) is 105 Å². The van der Waals surface area contributed by atoms with Crippen molar-refractivity contribution < 1.29 is 4.42 Å². The molecule has 0 unspecified atom stereocenters. The minimum atomic E-state index is -0.0990. The first-order valence-corrected chi connectivity index (χ1v) is 19.3. The van der Waals surface area contributed by atoms with Crippen molar-refractivity contribution in [2.75, 3.05) is 9.80 Å². The maximum absolute atomic E-state index is 7.17. The van der Waals surface area contributed by atoms with E-state index in [1.165, 1.54) is 61.3 Å². The van der Waals surface area contributed by atoms with Crippen LogP contribution >= 0.6 is 0 Å². The molecule has 2 aliphatic heterocycles. The minimum Gasteiger partial charge on any atom is -0.468 e. The highest BCUT2D eigenvalue weighted by Gasteiger charge is 2.47. The largest absolute Gasteiger partial charge is 0.468 e. The average molecular weight is 702 g/mol. The Morgan fingerprint density at radius 3 is 2.19 bits per heavy atom. The van der Waals surface area contributed by atoms with Gasteiger partial charge >= 0.3 is 0 Å². The molecular formula is C49H44BN3O. The van der Waals surface area contributed by atoms with Crippen LogP contribution in [-0.2, 0) is 10.8 Å². The van der Waals surface area contributed by atoms with Crippen LogP contribution in [-0.4, -0.2) is 11.7 Å². The average Bonchev–Trinajstić information content (AvgIpc) is 3.56. The molecule has 0 saturated heterocycles. The Kier molecular flexibility index (Phi) is 7.20. The molecule has 0 spiro atoms. The van der Waals surface area contributed by atoms with Gasteiger partial charge in [-0.2, -0.15) is 0 Å². The van der Waals surface area contributed by atoms with Crippen LogP contribution in [0.2, 0.25) is 0 Å². The first-order chi connectivity index (χ1) is 26.1. The highest BCUT2D eigenvalue weighted by atomic mass is 16.3. The number of pyridine rings is 1. The minimum absolute atomic E-state index is 0.0197. The fourth-order valence-electron chi connectivity index (χ4n) is 8.83. The second kappa shape index (κ2) is 11.8. The second-order valence-corrected chi connectivity index (χ2v) is 17.2. The lowest BCUT2D eigenvalue weighted by Gasteiger charge is -2.43. The van der Waals surface area contributed by atoms with Gasteiger partial charge in [-0.3, -0.25) is 4.98 Å². The van der Waals surface area contributed by atoms with Crippen LogP contribution in [0, 0.1) is 0 Å². The van der Waals surface area contributed by atoms with E-state index in [0.29, 0.717) is 0 Å². The van der Waals surface area contributed by atoms with Crippen molar-refractivity contribution in [1.82, 2.24) is 4.98 Å². The zero-order valence-corrected chi connectivity index (χ0v) is 31.9. The lowest BCUT2D eigenvalue weighted by Crippen LogP contribution is -2.61. The summed E-state index contributed by atoms with van der Waals surface area (Å²) in [6, 6.07) is 38.5. The lowest BCUT2D eigenvalue weighted by atomic mass is 9.35.